The third-order valence-electron chi connectivity index (χ3n) is 3.42. The van der Waals surface area contributed by atoms with Crippen LogP contribution >= 0.6 is 0 Å². The Kier molecular flexibility index (Phi) is 3.75. The molecule has 1 aliphatic heterocycles. The molecule has 13 heteroatoms. The number of H-pyrrole nitrogens is 1. The fraction of sp³-hybridized carbons (Fsp3) is 0.500. The summed E-state index contributed by atoms with van der Waals surface area (Å²) in [7, 11) is 0. The van der Waals surface area contributed by atoms with Gasteiger partial charge in [0.2, 0.25) is 5.95 Å². The van der Waals surface area contributed by atoms with E-state index >= 15 is 0 Å². The van der Waals surface area contributed by atoms with E-state index < -0.39 is 36.7 Å². The lowest BCUT2D eigenvalue weighted by Crippen LogP contribution is -2.34. The van der Waals surface area contributed by atoms with Crippen LogP contribution in [0, 0.1) is 0 Å². The molecule has 0 spiro atoms. The Balaban J connectivity index is 2.08. The first kappa shape index (κ1) is 15.1. The van der Waals surface area contributed by atoms with E-state index in [4.69, 9.17) is 20.8 Å². The molecule has 5 N–H and O–H groups in total. The first-order valence-corrected chi connectivity index (χ1v) is 6.43. The van der Waals surface area contributed by atoms with E-state index in [2.05, 4.69) is 25.1 Å². The van der Waals surface area contributed by atoms with Crippen LogP contribution in [0.5, 0.6) is 0 Å². The maximum absolute atomic E-state index is 11.8. The van der Waals surface area contributed by atoms with Crippen molar-refractivity contribution in [1.82, 2.24) is 19.5 Å². The number of nitrogens with one attached hydrogen (secondary N) is 1. The Labute approximate surface area is 126 Å². The number of hydrogen-bond acceptors (Lipinski definition) is 9. The maximum atomic E-state index is 11.8. The lowest BCUT2D eigenvalue weighted by molar-refractivity contribution is -0.0711. The van der Waals surface area contributed by atoms with Crippen LogP contribution in [-0.4, -0.2) is 54.7 Å². The standard InChI is InChI=1S/C10H12N8O5/c11-10-14-7-4(8(21)15-10)13-2-18(7)9-6(23-17-16-12)5(20)3(1-19)22-9/h2-3,5-6,9,19-20H,1H2,(H3,11,14,15,21)/t3-,5?,6?,9-/m1/s1. The molecule has 0 saturated carbocycles. The highest BCUT2D eigenvalue weighted by molar-refractivity contribution is 5.70. The molecule has 0 amide bonds. The van der Waals surface area contributed by atoms with Crippen LogP contribution in [-0.2, 0) is 9.57 Å². The summed E-state index contributed by atoms with van der Waals surface area (Å²) in [6, 6.07) is 0. The number of fused-ring (bicyclic) bond motifs is 1. The zero-order chi connectivity index (χ0) is 16.6. The summed E-state index contributed by atoms with van der Waals surface area (Å²) in [6.45, 7) is -0.490. The number of aromatic nitrogens is 4. The van der Waals surface area contributed by atoms with Gasteiger partial charge in [-0.2, -0.15) is 4.98 Å². The van der Waals surface area contributed by atoms with E-state index in [1.54, 1.807) is 0 Å². The molecule has 0 aromatic carbocycles. The lowest BCUT2D eigenvalue weighted by Gasteiger charge is -2.19. The number of anilines is 1. The minimum atomic E-state index is -1.27. The third-order valence-corrected chi connectivity index (χ3v) is 3.42. The second kappa shape index (κ2) is 5.73. The van der Waals surface area contributed by atoms with Crippen LogP contribution in [0.4, 0.5) is 5.95 Å². The van der Waals surface area contributed by atoms with E-state index in [1.807, 2.05) is 0 Å². The van der Waals surface area contributed by atoms with Crippen LogP contribution in [0.2, 0.25) is 0 Å². The number of hydrogen-bond donors (Lipinski definition) is 4. The van der Waals surface area contributed by atoms with Gasteiger partial charge in [-0.25, -0.2) is 4.98 Å². The van der Waals surface area contributed by atoms with Crippen LogP contribution in [0.1, 0.15) is 6.23 Å². The van der Waals surface area contributed by atoms with Gasteiger partial charge in [-0.1, -0.05) is 0 Å². The molecule has 122 valence electrons. The summed E-state index contributed by atoms with van der Waals surface area (Å²) >= 11 is 0. The molecule has 4 atom stereocenters. The van der Waals surface area contributed by atoms with Crippen molar-refractivity contribution in [2.45, 2.75) is 24.5 Å². The van der Waals surface area contributed by atoms with Crippen molar-refractivity contribution in [3.8, 4) is 0 Å². The van der Waals surface area contributed by atoms with Gasteiger partial charge < -0.3 is 25.5 Å². The Morgan fingerprint density at radius 2 is 2.43 bits per heavy atom. The summed E-state index contributed by atoms with van der Waals surface area (Å²) in [6.07, 6.45) is -3.17. The van der Waals surface area contributed by atoms with Gasteiger partial charge in [0.1, 0.15) is 17.5 Å². The van der Waals surface area contributed by atoms with Crippen molar-refractivity contribution in [2.24, 2.45) is 5.28 Å². The van der Waals surface area contributed by atoms with Crippen LogP contribution in [0.25, 0.3) is 21.6 Å². The summed E-state index contributed by atoms with van der Waals surface area (Å²) in [5.74, 6) is -0.131. The molecule has 0 radical (unpaired) electrons. The van der Waals surface area contributed by atoms with E-state index in [0.717, 1.165) is 0 Å². The quantitative estimate of drug-likeness (QED) is 0.227. The number of aromatic amines is 1. The molecule has 2 aromatic rings. The highest BCUT2D eigenvalue weighted by Crippen LogP contribution is 2.33. The second-order valence-corrected chi connectivity index (χ2v) is 4.75. The fourth-order valence-electron chi connectivity index (χ4n) is 2.41. The maximum Gasteiger partial charge on any atom is 0.280 e. The van der Waals surface area contributed by atoms with Crippen LogP contribution < -0.4 is 11.3 Å². The van der Waals surface area contributed by atoms with Crippen LogP contribution in [0.3, 0.4) is 0 Å². The predicted molar refractivity (Wildman–Crippen MR) is 73.6 cm³/mol. The molecular weight excluding hydrogens is 312 g/mol. The zero-order valence-corrected chi connectivity index (χ0v) is 11.5. The number of nitrogens with two attached hydrogens (primary N) is 1. The number of aliphatic hydroxyl groups is 2. The molecule has 0 bridgehead atoms. The monoisotopic (exact) mass is 324 g/mol. The highest BCUT2D eigenvalue weighted by atomic mass is 16.7. The molecule has 13 nitrogen and oxygen atoms in total. The van der Waals surface area contributed by atoms with Crippen molar-refractivity contribution in [3.63, 3.8) is 0 Å². The predicted octanol–water partition coefficient (Wildman–Crippen LogP) is -1.44. The van der Waals surface area contributed by atoms with Crippen molar-refractivity contribution in [2.75, 3.05) is 12.3 Å². The van der Waals surface area contributed by atoms with E-state index in [9.17, 15) is 15.0 Å². The van der Waals surface area contributed by atoms with E-state index in [1.165, 1.54) is 10.9 Å². The summed E-state index contributed by atoms with van der Waals surface area (Å²) < 4.78 is 6.79. The van der Waals surface area contributed by atoms with Gasteiger partial charge in [0.25, 0.3) is 5.56 Å². The van der Waals surface area contributed by atoms with E-state index in [0.29, 0.717) is 0 Å². The Morgan fingerprint density at radius 3 is 3.13 bits per heavy atom. The summed E-state index contributed by atoms with van der Waals surface area (Å²) in [5, 5.41) is 22.3. The van der Waals surface area contributed by atoms with Crippen molar-refractivity contribution in [1.29, 1.82) is 0 Å². The molecule has 3 rings (SSSR count). The number of nitrogen functional groups attached to an aromatic ring is 1. The molecule has 3 heterocycles. The number of rotatable bonds is 4. The molecule has 2 aromatic heterocycles. The first-order valence-electron chi connectivity index (χ1n) is 6.43. The van der Waals surface area contributed by atoms with Crippen molar-refractivity contribution >= 4 is 17.1 Å². The first-order chi connectivity index (χ1) is 11.1. The van der Waals surface area contributed by atoms with Gasteiger partial charge >= 0.3 is 0 Å². The van der Waals surface area contributed by atoms with Gasteiger partial charge in [0.05, 0.1) is 12.9 Å². The summed E-state index contributed by atoms with van der Waals surface area (Å²) in [5.41, 5.74) is 13.4. The van der Waals surface area contributed by atoms with Gasteiger partial charge in [-0.15, -0.1) is 0 Å². The number of azide groups is 1. The van der Waals surface area contributed by atoms with Gasteiger partial charge in [0.15, 0.2) is 23.5 Å². The molecule has 23 heavy (non-hydrogen) atoms. The van der Waals surface area contributed by atoms with Gasteiger partial charge in [-0.05, 0) is 5.53 Å². The molecule has 1 fully saturated rings. The minimum absolute atomic E-state index is 0.00673. The largest absolute Gasteiger partial charge is 0.422 e. The number of ether oxygens (including phenoxy) is 1. The summed E-state index contributed by atoms with van der Waals surface area (Å²) in [4.78, 5) is 29.3. The van der Waals surface area contributed by atoms with Crippen molar-refractivity contribution < 1.29 is 19.8 Å². The molecular formula is C10H12N8O5. The second-order valence-electron chi connectivity index (χ2n) is 4.75. The Morgan fingerprint density at radius 1 is 1.65 bits per heavy atom. The average Bonchev–Trinajstić information content (AvgIpc) is 3.06. The lowest BCUT2D eigenvalue weighted by atomic mass is 10.1. The third kappa shape index (κ3) is 2.43. The Bertz CT molecular complexity index is 826. The zero-order valence-electron chi connectivity index (χ0n) is 11.5. The average molecular weight is 324 g/mol. The molecule has 2 unspecified atom stereocenters. The fourth-order valence-corrected chi connectivity index (χ4v) is 2.41. The normalized spacial score (nSPS) is 27.0. The molecule has 1 saturated heterocycles. The van der Waals surface area contributed by atoms with E-state index in [-0.39, 0.29) is 17.1 Å². The van der Waals surface area contributed by atoms with Crippen LogP contribution in [0.15, 0.2) is 16.4 Å². The minimum Gasteiger partial charge on any atom is -0.422 e. The van der Waals surface area contributed by atoms with Crippen molar-refractivity contribution in [3.05, 3.63) is 27.1 Å². The molecule has 0 aliphatic carbocycles. The van der Waals surface area contributed by atoms with Gasteiger partial charge in [-0.3, -0.25) is 14.3 Å². The highest BCUT2D eigenvalue weighted by Gasteiger charge is 2.46. The number of nitrogens with zero attached hydrogens (tertiary/aromatic N) is 6. The number of aliphatic hydroxyl groups excluding tert-OH is 2. The number of imidazole rings is 1. The van der Waals surface area contributed by atoms with Gasteiger partial charge in [0, 0.05) is 4.91 Å². The topological polar surface area (TPSA) is 197 Å². The Hall–Kier alpha value is -2.86. The SMILES string of the molecule is [N-]=[N+]=NOC1C(O)[C@@H](CO)O[C@H]1n1cnc2c(=O)[nH]c(N)nc21. The smallest absolute Gasteiger partial charge is 0.280 e. The molecule has 1 aliphatic rings.